The second-order valence-corrected chi connectivity index (χ2v) is 4.70. The molecule has 2 rings (SSSR count). The van der Waals surface area contributed by atoms with Gasteiger partial charge in [0.05, 0.1) is 11.0 Å². The van der Waals surface area contributed by atoms with E-state index < -0.39 is 22.2 Å². The fraction of sp³-hybridized carbons (Fsp3) is 0.286. The molecule has 0 bridgehead atoms. The Morgan fingerprint density at radius 3 is 2.62 bits per heavy atom. The maximum atomic E-state index is 13.6. The largest absolute Gasteiger partial charge is 0.465 e. The molecule has 0 spiro atoms. The summed E-state index contributed by atoms with van der Waals surface area (Å²) in [7, 11) is 0. The normalized spacial score (nSPS) is 12.4. The van der Waals surface area contributed by atoms with Gasteiger partial charge in [0.1, 0.15) is 17.3 Å². The van der Waals surface area contributed by atoms with Gasteiger partial charge in [-0.15, -0.1) is 0 Å². The summed E-state index contributed by atoms with van der Waals surface area (Å²) >= 11 is 0. The molecule has 5 nitrogen and oxygen atoms in total. The van der Waals surface area contributed by atoms with E-state index in [1.54, 1.807) is 19.1 Å². The highest BCUT2D eigenvalue weighted by atomic mass is 19.1. The lowest BCUT2D eigenvalue weighted by Gasteiger charge is -2.12. The molecular formula is C14H14F2N2O3. The molecule has 1 N–H and O–H groups in total. The molecule has 0 aliphatic heterocycles. The molecule has 1 atom stereocenters. The number of halogens is 2. The average molecular weight is 296 g/mol. The van der Waals surface area contributed by atoms with Crippen LogP contribution in [0, 0.1) is 28.7 Å². The van der Waals surface area contributed by atoms with E-state index in [9.17, 15) is 18.9 Å². The van der Waals surface area contributed by atoms with Gasteiger partial charge in [0.15, 0.2) is 0 Å². The first-order valence-electron chi connectivity index (χ1n) is 6.30. The average Bonchev–Trinajstić information content (AvgIpc) is 2.83. The monoisotopic (exact) mass is 296 g/mol. The summed E-state index contributed by atoms with van der Waals surface area (Å²) < 4.78 is 32.3. The van der Waals surface area contributed by atoms with E-state index in [0.29, 0.717) is 11.8 Å². The van der Waals surface area contributed by atoms with E-state index in [0.717, 1.165) is 11.8 Å². The molecule has 1 heterocycles. The molecule has 1 aromatic heterocycles. The van der Waals surface area contributed by atoms with Crippen LogP contribution in [0.4, 0.5) is 14.5 Å². The molecule has 0 amide bonds. The minimum atomic E-state index is -1.18. The summed E-state index contributed by atoms with van der Waals surface area (Å²) in [5.41, 5.74) is -0.715. The van der Waals surface area contributed by atoms with E-state index in [2.05, 4.69) is 5.32 Å². The van der Waals surface area contributed by atoms with Crippen LogP contribution in [0.5, 0.6) is 0 Å². The van der Waals surface area contributed by atoms with Gasteiger partial charge in [-0.3, -0.25) is 10.1 Å². The van der Waals surface area contributed by atoms with E-state index >= 15 is 0 Å². The third-order valence-corrected chi connectivity index (χ3v) is 3.10. The summed E-state index contributed by atoms with van der Waals surface area (Å²) in [6.45, 7) is 3.64. The Hall–Kier alpha value is -2.28. The molecule has 1 aromatic carbocycles. The fourth-order valence-corrected chi connectivity index (χ4v) is 1.91. The van der Waals surface area contributed by atoms with Gasteiger partial charge in [-0.2, -0.15) is 4.39 Å². The summed E-state index contributed by atoms with van der Waals surface area (Å²) in [5.74, 6) is -0.587. The second-order valence-electron chi connectivity index (χ2n) is 4.70. The van der Waals surface area contributed by atoms with Crippen LogP contribution in [-0.4, -0.2) is 4.92 Å². The van der Waals surface area contributed by atoms with Crippen molar-refractivity contribution in [3.8, 4) is 0 Å². The predicted molar refractivity (Wildman–Crippen MR) is 71.7 cm³/mol. The molecule has 2 aromatic rings. The number of furan rings is 1. The Bertz CT molecular complexity index is 670. The molecule has 0 saturated heterocycles. The van der Waals surface area contributed by atoms with Crippen LogP contribution >= 0.6 is 0 Å². The molecule has 1 unspecified atom stereocenters. The highest BCUT2D eigenvalue weighted by Gasteiger charge is 2.19. The van der Waals surface area contributed by atoms with Crippen molar-refractivity contribution in [2.45, 2.75) is 26.4 Å². The van der Waals surface area contributed by atoms with Crippen molar-refractivity contribution in [3.63, 3.8) is 0 Å². The first-order chi connectivity index (χ1) is 9.88. The first-order valence-corrected chi connectivity index (χ1v) is 6.30. The van der Waals surface area contributed by atoms with Crippen molar-refractivity contribution in [2.24, 2.45) is 0 Å². The fourth-order valence-electron chi connectivity index (χ4n) is 1.91. The smallest absolute Gasteiger partial charge is 0.305 e. The van der Waals surface area contributed by atoms with E-state index in [1.807, 2.05) is 6.92 Å². The zero-order valence-electron chi connectivity index (χ0n) is 11.5. The first kappa shape index (κ1) is 15.1. The number of benzene rings is 1. The SMILES string of the molecule is Cc1ccc(C(C)NCc2cc([N+](=O)[O-])c(F)cc2F)o1. The van der Waals surface area contributed by atoms with Gasteiger partial charge in [-0.1, -0.05) is 0 Å². The van der Waals surface area contributed by atoms with Gasteiger partial charge in [0.2, 0.25) is 5.82 Å². The summed E-state index contributed by atoms with van der Waals surface area (Å²) in [6.07, 6.45) is 0. The Morgan fingerprint density at radius 1 is 1.33 bits per heavy atom. The summed E-state index contributed by atoms with van der Waals surface area (Å²) in [6, 6.07) is 4.81. The second kappa shape index (κ2) is 6.01. The van der Waals surface area contributed by atoms with Crippen molar-refractivity contribution < 1.29 is 18.1 Å². The Kier molecular flexibility index (Phi) is 4.32. The number of aryl methyl sites for hydroxylation is 1. The van der Waals surface area contributed by atoms with Crippen molar-refractivity contribution in [1.29, 1.82) is 0 Å². The minimum absolute atomic E-state index is 0.0217. The van der Waals surface area contributed by atoms with Crippen molar-refractivity contribution >= 4 is 5.69 Å². The van der Waals surface area contributed by atoms with Crippen molar-refractivity contribution in [3.05, 3.63) is 63.1 Å². The van der Waals surface area contributed by atoms with Crippen LogP contribution in [0.25, 0.3) is 0 Å². The van der Waals surface area contributed by atoms with E-state index in [-0.39, 0.29) is 18.2 Å². The Labute approximate surface area is 119 Å². The third kappa shape index (κ3) is 3.43. The molecule has 0 fully saturated rings. The quantitative estimate of drug-likeness (QED) is 0.676. The van der Waals surface area contributed by atoms with Gasteiger partial charge in [-0.05, 0) is 26.0 Å². The maximum Gasteiger partial charge on any atom is 0.305 e. The third-order valence-electron chi connectivity index (χ3n) is 3.10. The van der Waals surface area contributed by atoms with Crippen LogP contribution in [-0.2, 0) is 6.54 Å². The number of nitrogens with one attached hydrogen (secondary N) is 1. The molecule has 0 radical (unpaired) electrons. The molecule has 0 saturated carbocycles. The summed E-state index contributed by atoms with van der Waals surface area (Å²) in [4.78, 5) is 9.78. The van der Waals surface area contributed by atoms with Crippen LogP contribution < -0.4 is 5.32 Å². The number of nitro benzene ring substituents is 1. The van der Waals surface area contributed by atoms with Gasteiger partial charge < -0.3 is 9.73 Å². The number of rotatable bonds is 5. The lowest BCUT2D eigenvalue weighted by molar-refractivity contribution is -0.387. The highest BCUT2D eigenvalue weighted by Crippen LogP contribution is 2.22. The number of hydrogen-bond acceptors (Lipinski definition) is 4. The molecule has 112 valence electrons. The molecular weight excluding hydrogens is 282 g/mol. The zero-order valence-corrected chi connectivity index (χ0v) is 11.5. The standard InChI is InChI=1S/C14H14F2N2O3/c1-8-3-4-14(21-8)9(2)17-7-10-5-13(18(19)20)12(16)6-11(10)15/h3-6,9,17H,7H2,1-2H3. The van der Waals surface area contributed by atoms with Crippen molar-refractivity contribution in [2.75, 3.05) is 0 Å². The molecule has 7 heteroatoms. The van der Waals surface area contributed by atoms with Crippen LogP contribution in [0.2, 0.25) is 0 Å². The lowest BCUT2D eigenvalue weighted by atomic mass is 10.1. The van der Waals surface area contributed by atoms with Crippen LogP contribution in [0.1, 0.15) is 30.0 Å². The van der Waals surface area contributed by atoms with Gasteiger partial charge in [0, 0.05) is 24.2 Å². The van der Waals surface area contributed by atoms with E-state index in [4.69, 9.17) is 4.42 Å². The maximum absolute atomic E-state index is 13.6. The number of hydrogen-bond donors (Lipinski definition) is 1. The van der Waals surface area contributed by atoms with Gasteiger partial charge in [-0.25, -0.2) is 4.39 Å². The van der Waals surface area contributed by atoms with Gasteiger partial charge in [0.25, 0.3) is 0 Å². The van der Waals surface area contributed by atoms with Gasteiger partial charge >= 0.3 is 5.69 Å². The molecule has 0 aliphatic rings. The van der Waals surface area contributed by atoms with E-state index in [1.165, 1.54) is 0 Å². The molecule has 0 aliphatic carbocycles. The Balaban J connectivity index is 2.12. The topological polar surface area (TPSA) is 68.3 Å². The number of nitrogens with zero attached hydrogens (tertiary/aromatic N) is 1. The number of nitro groups is 1. The lowest BCUT2D eigenvalue weighted by Crippen LogP contribution is -2.18. The predicted octanol–water partition coefficient (Wildman–Crippen LogP) is 3.63. The minimum Gasteiger partial charge on any atom is -0.465 e. The molecule has 21 heavy (non-hydrogen) atoms. The van der Waals surface area contributed by atoms with Crippen LogP contribution in [0.15, 0.2) is 28.7 Å². The van der Waals surface area contributed by atoms with Crippen LogP contribution in [0.3, 0.4) is 0 Å². The zero-order chi connectivity index (χ0) is 15.6. The van der Waals surface area contributed by atoms with Crippen molar-refractivity contribution in [1.82, 2.24) is 5.32 Å². The highest BCUT2D eigenvalue weighted by molar-refractivity contribution is 5.37. The Morgan fingerprint density at radius 2 is 2.05 bits per heavy atom. The summed E-state index contributed by atoms with van der Waals surface area (Å²) in [5, 5.41) is 13.6.